The maximum atomic E-state index is 12.7. The Morgan fingerprint density at radius 3 is 2.68 bits per heavy atom. The quantitative estimate of drug-likeness (QED) is 0.412. The van der Waals surface area contributed by atoms with E-state index in [1.165, 1.54) is 4.57 Å². The number of nitrogens with zero attached hydrogens (tertiary/aromatic N) is 5. The monoisotopic (exact) mass is 439 g/mol. The molecule has 0 unspecified atom stereocenters. The first-order valence-electron chi connectivity index (χ1n) is 10.00. The van der Waals surface area contributed by atoms with Crippen molar-refractivity contribution < 1.29 is 9.47 Å². The van der Waals surface area contributed by atoms with Crippen LogP contribution in [0.1, 0.15) is 12.5 Å². The van der Waals surface area contributed by atoms with Gasteiger partial charge in [0.25, 0.3) is 5.56 Å². The van der Waals surface area contributed by atoms with Crippen molar-refractivity contribution in [2.24, 2.45) is 7.05 Å². The first-order chi connectivity index (χ1) is 14.9. The van der Waals surface area contributed by atoms with Crippen molar-refractivity contribution in [1.29, 1.82) is 0 Å². The highest BCUT2D eigenvalue weighted by molar-refractivity contribution is 7.71. The van der Waals surface area contributed by atoms with Crippen LogP contribution in [-0.2, 0) is 20.3 Å². The predicted molar refractivity (Wildman–Crippen MR) is 122 cm³/mol. The number of hydrogen-bond donors (Lipinski definition) is 0. The Hall–Kier alpha value is -3.17. The molecule has 4 rings (SSSR count). The lowest BCUT2D eigenvalue weighted by Gasteiger charge is -2.17. The third-order valence-electron chi connectivity index (χ3n) is 5.16. The van der Waals surface area contributed by atoms with E-state index in [0.29, 0.717) is 41.5 Å². The number of fused-ring (bicyclic) bond motifs is 3. The lowest BCUT2D eigenvalue weighted by Crippen LogP contribution is -2.22. The number of rotatable bonds is 7. The summed E-state index contributed by atoms with van der Waals surface area (Å²) < 4.78 is 16.7. The van der Waals surface area contributed by atoms with Crippen LogP contribution in [-0.4, -0.2) is 44.4 Å². The summed E-state index contributed by atoms with van der Waals surface area (Å²) in [4.78, 5) is 14.8. The Morgan fingerprint density at radius 2 is 1.94 bits per heavy atom. The molecule has 2 aromatic heterocycles. The van der Waals surface area contributed by atoms with Gasteiger partial charge in [0.1, 0.15) is 0 Å². The fourth-order valence-corrected chi connectivity index (χ4v) is 3.99. The van der Waals surface area contributed by atoms with E-state index in [2.05, 4.69) is 10.00 Å². The molecule has 0 spiro atoms. The molecule has 0 saturated carbocycles. The molecule has 0 amide bonds. The molecule has 0 radical (unpaired) electrons. The lowest BCUT2D eigenvalue weighted by atomic mass is 10.2. The second-order valence-corrected chi connectivity index (χ2v) is 7.74. The average molecular weight is 440 g/mol. The zero-order valence-corrected chi connectivity index (χ0v) is 18.8. The third kappa shape index (κ3) is 3.82. The Balaban J connectivity index is 1.65. The van der Waals surface area contributed by atoms with E-state index < -0.39 is 0 Å². The minimum Gasteiger partial charge on any atom is -0.493 e. The van der Waals surface area contributed by atoms with Gasteiger partial charge < -0.3 is 9.47 Å². The molecule has 0 aliphatic heterocycles. The van der Waals surface area contributed by atoms with Gasteiger partial charge >= 0.3 is 0 Å². The number of aryl methyl sites for hydroxylation is 1. The second kappa shape index (κ2) is 8.52. The van der Waals surface area contributed by atoms with Gasteiger partial charge in [0.15, 0.2) is 11.5 Å². The van der Waals surface area contributed by atoms with Crippen molar-refractivity contribution in [2.75, 3.05) is 20.8 Å². The summed E-state index contributed by atoms with van der Waals surface area (Å²) in [6.07, 6.45) is 0. The van der Waals surface area contributed by atoms with Crippen LogP contribution in [0.2, 0.25) is 0 Å². The molecule has 4 aromatic rings. The molecule has 0 atom stereocenters. The number of hydrogen-bond acceptors (Lipinski definition) is 6. The Bertz CT molecular complexity index is 1370. The normalized spacial score (nSPS) is 11.5. The molecule has 0 bridgehead atoms. The van der Waals surface area contributed by atoms with Crippen LogP contribution in [0.3, 0.4) is 0 Å². The minimum absolute atomic E-state index is 0.0925. The number of methoxy groups -OCH3 is 1. The number of aromatic nitrogens is 4. The second-order valence-electron chi connectivity index (χ2n) is 7.37. The standard InChI is InChI=1S/C22H25N5O3S/c1-5-30-18-11-10-15(12-19(18)29-4)13-24(2)14-26-22(31)27-17-9-7-6-8-16(17)20(28)25(3)21(27)23-26/h6-12H,5,13-14H2,1-4H3. The van der Waals surface area contributed by atoms with Crippen molar-refractivity contribution in [3.05, 3.63) is 63.2 Å². The zero-order chi connectivity index (χ0) is 22.1. The Kier molecular flexibility index (Phi) is 5.79. The van der Waals surface area contributed by atoms with Crippen molar-refractivity contribution >= 4 is 28.9 Å². The van der Waals surface area contributed by atoms with Gasteiger partial charge in [-0.15, -0.1) is 5.10 Å². The molecule has 2 aromatic carbocycles. The van der Waals surface area contributed by atoms with Crippen molar-refractivity contribution in [3.63, 3.8) is 0 Å². The Labute approximate surface area is 184 Å². The van der Waals surface area contributed by atoms with Crippen LogP contribution in [0.25, 0.3) is 16.7 Å². The van der Waals surface area contributed by atoms with Gasteiger partial charge in [0, 0.05) is 13.6 Å². The summed E-state index contributed by atoms with van der Waals surface area (Å²) >= 11 is 5.71. The van der Waals surface area contributed by atoms with Crippen LogP contribution in [0.4, 0.5) is 0 Å². The first-order valence-corrected chi connectivity index (χ1v) is 10.4. The van der Waals surface area contributed by atoms with E-state index in [-0.39, 0.29) is 5.56 Å². The van der Waals surface area contributed by atoms with E-state index in [4.69, 9.17) is 21.7 Å². The summed E-state index contributed by atoms with van der Waals surface area (Å²) in [5, 5.41) is 5.24. The summed E-state index contributed by atoms with van der Waals surface area (Å²) in [5.74, 6) is 1.95. The van der Waals surface area contributed by atoms with Gasteiger partial charge in [-0.05, 0) is 56.0 Å². The van der Waals surface area contributed by atoms with Crippen LogP contribution in [0.15, 0.2) is 47.3 Å². The minimum atomic E-state index is -0.0925. The van der Waals surface area contributed by atoms with Crippen molar-refractivity contribution in [2.45, 2.75) is 20.1 Å². The van der Waals surface area contributed by atoms with E-state index in [9.17, 15) is 4.79 Å². The molecule has 8 nitrogen and oxygen atoms in total. The summed E-state index contributed by atoms with van der Waals surface area (Å²) in [5.41, 5.74) is 1.75. The highest BCUT2D eigenvalue weighted by atomic mass is 32.1. The molecule has 0 N–H and O–H groups in total. The fourth-order valence-electron chi connectivity index (χ4n) is 3.71. The largest absolute Gasteiger partial charge is 0.493 e. The lowest BCUT2D eigenvalue weighted by molar-refractivity contribution is 0.244. The molecule has 0 aliphatic rings. The zero-order valence-electron chi connectivity index (χ0n) is 18.0. The van der Waals surface area contributed by atoms with Crippen LogP contribution < -0.4 is 15.0 Å². The molecular weight excluding hydrogens is 414 g/mol. The highest BCUT2D eigenvalue weighted by Gasteiger charge is 2.15. The summed E-state index contributed by atoms with van der Waals surface area (Å²) in [6, 6.07) is 13.4. The topological polar surface area (TPSA) is 65.9 Å². The van der Waals surface area contributed by atoms with Crippen LogP contribution >= 0.6 is 12.2 Å². The predicted octanol–water partition coefficient (Wildman–Crippen LogP) is 3.21. The van der Waals surface area contributed by atoms with Gasteiger partial charge in [-0.3, -0.25) is 18.7 Å². The average Bonchev–Trinajstić information content (AvgIpc) is 3.09. The van der Waals surface area contributed by atoms with Gasteiger partial charge in [0.2, 0.25) is 10.5 Å². The summed E-state index contributed by atoms with van der Waals surface area (Å²) in [7, 11) is 5.34. The molecule has 31 heavy (non-hydrogen) atoms. The molecule has 162 valence electrons. The molecule has 9 heteroatoms. The molecule has 0 aliphatic carbocycles. The van der Waals surface area contributed by atoms with E-state index in [1.54, 1.807) is 18.8 Å². The molecular formula is C22H25N5O3S. The number of benzene rings is 2. The van der Waals surface area contributed by atoms with E-state index in [0.717, 1.165) is 16.8 Å². The molecule has 0 fully saturated rings. The van der Waals surface area contributed by atoms with E-state index >= 15 is 0 Å². The maximum absolute atomic E-state index is 12.7. The fraction of sp³-hybridized carbons (Fsp3) is 0.318. The van der Waals surface area contributed by atoms with Crippen LogP contribution in [0.5, 0.6) is 11.5 Å². The third-order valence-corrected chi connectivity index (χ3v) is 5.55. The number of para-hydroxylation sites is 1. The summed E-state index contributed by atoms with van der Waals surface area (Å²) in [6.45, 7) is 3.66. The van der Waals surface area contributed by atoms with E-state index in [1.807, 2.05) is 60.8 Å². The maximum Gasteiger partial charge on any atom is 0.262 e. The van der Waals surface area contributed by atoms with Gasteiger partial charge in [-0.25, -0.2) is 4.68 Å². The first kappa shape index (κ1) is 21.1. The van der Waals surface area contributed by atoms with Gasteiger partial charge in [-0.1, -0.05) is 18.2 Å². The molecule has 0 saturated heterocycles. The smallest absolute Gasteiger partial charge is 0.262 e. The van der Waals surface area contributed by atoms with Gasteiger partial charge in [0.05, 0.1) is 31.3 Å². The number of ether oxygens (including phenoxy) is 2. The SMILES string of the molecule is CCOc1ccc(CN(C)Cn2nc3n(C)c(=O)c4ccccc4n3c2=S)cc1OC. The highest BCUT2D eigenvalue weighted by Crippen LogP contribution is 2.28. The van der Waals surface area contributed by atoms with Crippen molar-refractivity contribution in [1.82, 2.24) is 23.6 Å². The van der Waals surface area contributed by atoms with Crippen LogP contribution in [0, 0.1) is 4.77 Å². The van der Waals surface area contributed by atoms with Gasteiger partial charge in [-0.2, -0.15) is 0 Å². The Morgan fingerprint density at radius 1 is 1.16 bits per heavy atom. The molecule has 2 heterocycles. The van der Waals surface area contributed by atoms with Crippen molar-refractivity contribution in [3.8, 4) is 11.5 Å².